The molecular formula is C18H20N6O. The van der Waals surface area contributed by atoms with Crippen molar-refractivity contribution in [3.63, 3.8) is 0 Å². The molecule has 0 amide bonds. The summed E-state index contributed by atoms with van der Waals surface area (Å²) in [5, 5.41) is 8.95. The fourth-order valence-electron chi connectivity index (χ4n) is 3.24. The highest BCUT2D eigenvalue weighted by Crippen LogP contribution is 2.24. The van der Waals surface area contributed by atoms with Crippen molar-refractivity contribution in [3.05, 3.63) is 64.5 Å². The van der Waals surface area contributed by atoms with Crippen molar-refractivity contribution >= 4 is 5.69 Å². The minimum atomic E-state index is -0.0763. The second kappa shape index (κ2) is 6.16. The van der Waals surface area contributed by atoms with Crippen molar-refractivity contribution < 1.29 is 0 Å². The lowest BCUT2D eigenvalue weighted by Gasteiger charge is -2.41. The fourth-order valence-corrected chi connectivity index (χ4v) is 3.24. The highest BCUT2D eigenvalue weighted by molar-refractivity contribution is 5.47. The van der Waals surface area contributed by atoms with Gasteiger partial charge in [-0.15, -0.1) is 5.10 Å². The van der Waals surface area contributed by atoms with Crippen molar-refractivity contribution in [1.29, 1.82) is 0 Å². The van der Waals surface area contributed by atoms with E-state index in [1.54, 1.807) is 33.9 Å². The van der Waals surface area contributed by atoms with Crippen LogP contribution in [-0.2, 0) is 6.54 Å². The molecule has 0 bridgehead atoms. The number of hydrogen-bond acceptors (Lipinski definition) is 5. The van der Waals surface area contributed by atoms with Crippen LogP contribution in [0.3, 0.4) is 0 Å². The summed E-state index contributed by atoms with van der Waals surface area (Å²) >= 11 is 0. The number of pyridine rings is 1. The highest BCUT2D eigenvalue weighted by atomic mass is 16.1. The van der Waals surface area contributed by atoms with Gasteiger partial charge in [0.1, 0.15) is 0 Å². The number of anilines is 1. The average Bonchev–Trinajstić information content (AvgIpc) is 2.91. The van der Waals surface area contributed by atoms with E-state index in [0.717, 1.165) is 24.5 Å². The van der Waals surface area contributed by atoms with Gasteiger partial charge in [-0.25, -0.2) is 9.36 Å². The van der Waals surface area contributed by atoms with Gasteiger partial charge >= 0.3 is 0 Å². The molecule has 0 spiro atoms. The zero-order valence-corrected chi connectivity index (χ0v) is 14.3. The first-order chi connectivity index (χ1) is 12.1. The second-order valence-electron chi connectivity index (χ2n) is 6.53. The van der Waals surface area contributed by atoms with Crippen LogP contribution in [0.1, 0.15) is 11.4 Å². The molecule has 1 saturated heterocycles. The Morgan fingerprint density at radius 1 is 1.08 bits per heavy atom. The van der Waals surface area contributed by atoms with Crippen LogP contribution >= 0.6 is 0 Å². The van der Waals surface area contributed by atoms with Crippen LogP contribution < -0.4 is 10.5 Å². The summed E-state index contributed by atoms with van der Waals surface area (Å²) in [5.74, 6) is 1.09. The Morgan fingerprint density at radius 2 is 1.84 bits per heavy atom. The smallest absolute Gasteiger partial charge is 0.266 e. The first-order valence-corrected chi connectivity index (χ1v) is 8.37. The van der Waals surface area contributed by atoms with Crippen molar-refractivity contribution in [3.8, 4) is 5.82 Å². The van der Waals surface area contributed by atoms with Crippen molar-refractivity contribution in [2.24, 2.45) is 5.92 Å². The molecule has 25 heavy (non-hydrogen) atoms. The molecule has 128 valence electrons. The molecular weight excluding hydrogens is 316 g/mol. The molecule has 0 atom stereocenters. The first kappa shape index (κ1) is 15.6. The molecule has 3 aromatic heterocycles. The summed E-state index contributed by atoms with van der Waals surface area (Å²) in [6, 6.07) is 9.30. The lowest BCUT2D eigenvalue weighted by Crippen LogP contribution is -2.49. The maximum absolute atomic E-state index is 12.2. The van der Waals surface area contributed by atoms with Gasteiger partial charge in [-0.2, -0.15) is 5.10 Å². The quantitative estimate of drug-likeness (QED) is 0.723. The van der Waals surface area contributed by atoms with Gasteiger partial charge < -0.3 is 4.90 Å². The minimum Gasteiger partial charge on any atom is -0.371 e. The minimum absolute atomic E-state index is 0.0763. The molecule has 7 heteroatoms. The molecule has 0 aromatic carbocycles. The molecule has 1 aliphatic rings. The van der Waals surface area contributed by atoms with Crippen LogP contribution in [0.4, 0.5) is 5.69 Å². The summed E-state index contributed by atoms with van der Waals surface area (Å²) in [5.41, 5.74) is 3.03. The molecule has 4 rings (SSSR count). The van der Waals surface area contributed by atoms with Crippen LogP contribution in [0.5, 0.6) is 0 Å². The van der Waals surface area contributed by atoms with Crippen molar-refractivity contribution in [2.75, 3.05) is 18.0 Å². The van der Waals surface area contributed by atoms with Gasteiger partial charge in [0, 0.05) is 48.8 Å². The van der Waals surface area contributed by atoms with Crippen LogP contribution in [0.15, 0.2) is 47.5 Å². The van der Waals surface area contributed by atoms with Crippen LogP contribution in [0, 0.1) is 19.8 Å². The summed E-state index contributed by atoms with van der Waals surface area (Å²) in [7, 11) is 0. The van der Waals surface area contributed by atoms with E-state index in [9.17, 15) is 4.79 Å². The third-order valence-corrected chi connectivity index (χ3v) is 4.50. The molecule has 7 nitrogen and oxygen atoms in total. The molecule has 4 heterocycles. The summed E-state index contributed by atoms with van der Waals surface area (Å²) in [6.45, 7) is 6.38. The van der Waals surface area contributed by atoms with E-state index in [0.29, 0.717) is 18.3 Å². The summed E-state index contributed by atoms with van der Waals surface area (Å²) in [6.07, 6.45) is 3.60. The molecule has 0 radical (unpaired) electrons. The fraction of sp³-hybridized carbons (Fsp3) is 0.333. The van der Waals surface area contributed by atoms with Gasteiger partial charge in [0.05, 0.1) is 12.2 Å². The molecule has 1 aliphatic heterocycles. The van der Waals surface area contributed by atoms with Gasteiger partial charge in [-0.3, -0.25) is 9.78 Å². The number of rotatable bonds is 4. The Labute approximate surface area is 145 Å². The number of hydrogen-bond donors (Lipinski definition) is 0. The Balaban J connectivity index is 1.49. The molecule has 0 N–H and O–H groups in total. The maximum Gasteiger partial charge on any atom is 0.266 e. The van der Waals surface area contributed by atoms with Crippen LogP contribution in [0.2, 0.25) is 0 Å². The molecule has 0 saturated carbocycles. The molecule has 3 aromatic rings. The summed E-state index contributed by atoms with van der Waals surface area (Å²) < 4.78 is 3.33. The van der Waals surface area contributed by atoms with E-state index in [4.69, 9.17) is 0 Å². The van der Waals surface area contributed by atoms with E-state index in [2.05, 4.69) is 20.1 Å². The van der Waals surface area contributed by atoms with Gasteiger partial charge in [0.25, 0.3) is 5.56 Å². The van der Waals surface area contributed by atoms with E-state index >= 15 is 0 Å². The maximum atomic E-state index is 12.2. The number of nitrogens with zero attached hydrogens (tertiary/aromatic N) is 6. The number of aromatic nitrogens is 5. The Bertz CT molecular complexity index is 940. The highest BCUT2D eigenvalue weighted by Gasteiger charge is 2.27. The van der Waals surface area contributed by atoms with Gasteiger partial charge in [-0.05, 0) is 38.1 Å². The largest absolute Gasteiger partial charge is 0.371 e. The van der Waals surface area contributed by atoms with E-state index < -0.39 is 0 Å². The lowest BCUT2D eigenvalue weighted by atomic mass is 9.99. The predicted octanol–water partition coefficient (Wildman–Crippen LogP) is 1.58. The van der Waals surface area contributed by atoms with Gasteiger partial charge in [0.2, 0.25) is 0 Å². The van der Waals surface area contributed by atoms with Crippen LogP contribution in [0.25, 0.3) is 5.82 Å². The standard InChI is InChI=1S/C18H20N6O/c1-13-9-14(2)24(20-13)17-3-4-18(25)23(21-17)12-15-10-22(11-15)16-5-7-19-8-6-16/h3-9,15H,10-12H2,1-2H3. The van der Waals surface area contributed by atoms with Gasteiger partial charge in [-0.1, -0.05) is 0 Å². The van der Waals surface area contributed by atoms with Crippen LogP contribution in [-0.4, -0.2) is 37.6 Å². The average molecular weight is 336 g/mol. The zero-order chi connectivity index (χ0) is 17.4. The van der Waals surface area contributed by atoms with Crippen molar-refractivity contribution in [2.45, 2.75) is 20.4 Å². The predicted molar refractivity (Wildman–Crippen MR) is 95.0 cm³/mol. The van der Waals surface area contributed by atoms with E-state index in [1.807, 2.05) is 32.0 Å². The molecule has 1 fully saturated rings. The topological polar surface area (TPSA) is 68.8 Å². The molecule has 0 unspecified atom stereocenters. The Kier molecular flexibility index (Phi) is 3.83. The summed E-state index contributed by atoms with van der Waals surface area (Å²) in [4.78, 5) is 18.5. The first-order valence-electron chi connectivity index (χ1n) is 8.37. The third-order valence-electron chi connectivity index (χ3n) is 4.50. The third kappa shape index (κ3) is 3.05. The lowest BCUT2D eigenvalue weighted by molar-refractivity contribution is 0.334. The zero-order valence-electron chi connectivity index (χ0n) is 14.3. The Morgan fingerprint density at radius 3 is 2.52 bits per heavy atom. The number of aryl methyl sites for hydroxylation is 2. The van der Waals surface area contributed by atoms with E-state index in [1.165, 1.54) is 5.69 Å². The SMILES string of the molecule is Cc1cc(C)n(-c2ccc(=O)n(CC3CN(c4ccncc4)C3)n2)n1. The molecule has 0 aliphatic carbocycles. The van der Waals surface area contributed by atoms with Crippen molar-refractivity contribution in [1.82, 2.24) is 24.5 Å². The Hall–Kier alpha value is -2.96. The van der Waals surface area contributed by atoms with E-state index in [-0.39, 0.29) is 5.56 Å². The van der Waals surface area contributed by atoms with Gasteiger partial charge in [0.15, 0.2) is 5.82 Å². The second-order valence-corrected chi connectivity index (χ2v) is 6.53. The monoisotopic (exact) mass is 336 g/mol. The normalized spacial score (nSPS) is 14.6.